The first-order chi connectivity index (χ1) is 11.3. The predicted molar refractivity (Wildman–Crippen MR) is 98.4 cm³/mol. The van der Waals surface area contributed by atoms with E-state index in [0.717, 1.165) is 18.1 Å². The summed E-state index contributed by atoms with van der Waals surface area (Å²) in [6.07, 6.45) is 0. The lowest BCUT2D eigenvalue weighted by molar-refractivity contribution is 0.288. The normalized spacial score (nSPS) is 11.9. The van der Waals surface area contributed by atoms with Gasteiger partial charge in [-0.05, 0) is 52.3 Å². The highest BCUT2D eigenvalue weighted by Crippen LogP contribution is 2.38. The molecule has 0 saturated carbocycles. The number of nitrogens with one attached hydrogen (secondary N) is 2. The Morgan fingerprint density at radius 2 is 1.67 bits per heavy atom. The summed E-state index contributed by atoms with van der Waals surface area (Å²) >= 11 is 0. The number of hydrogen-bond donors (Lipinski definition) is 2. The minimum absolute atomic E-state index is 0.0603. The summed E-state index contributed by atoms with van der Waals surface area (Å²) in [6, 6.07) is 3.86. The summed E-state index contributed by atoms with van der Waals surface area (Å²) in [7, 11) is 3.24. The number of methoxy groups -OCH3 is 2. The van der Waals surface area contributed by atoms with Crippen LogP contribution in [0.15, 0.2) is 17.1 Å². The molecule has 0 atom stereocenters. The van der Waals surface area contributed by atoms with Crippen molar-refractivity contribution < 1.29 is 14.2 Å². The summed E-state index contributed by atoms with van der Waals surface area (Å²) in [5.41, 5.74) is 0.924. The zero-order chi connectivity index (χ0) is 18.2. The van der Waals surface area contributed by atoms with E-state index in [4.69, 9.17) is 14.2 Å². The van der Waals surface area contributed by atoms with Crippen LogP contribution < -0.4 is 24.8 Å². The zero-order valence-electron chi connectivity index (χ0n) is 15.9. The first-order valence-electron chi connectivity index (χ1n) is 8.28. The SMILES string of the molecule is CCNC(=NCc1cc(OC)c(OCC)c(OC)c1)NC(C)(C)C. The molecule has 0 aliphatic heterocycles. The van der Waals surface area contributed by atoms with Crippen molar-refractivity contribution in [1.29, 1.82) is 0 Å². The Morgan fingerprint density at radius 3 is 2.08 bits per heavy atom. The number of rotatable bonds is 7. The van der Waals surface area contributed by atoms with Gasteiger partial charge in [0.25, 0.3) is 0 Å². The maximum Gasteiger partial charge on any atom is 0.203 e. The van der Waals surface area contributed by atoms with Gasteiger partial charge in [-0.15, -0.1) is 0 Å². The minimum Gasteiger partial charge on any atom is -0.493 e. The Morgan fingerprint density at radius 1 is 1.08 bits per heavy atom. The van der Waals surface area contributed by atoms with Crippen LogP contribution in [0.5, 0.6) is 17.2 Å². The molecule has 0 fully saturated rings. The van der Waals surface area contributed by atoms with E-state index < -0.39 is 0 Å². The monoisotopic (exact) mass is 337 g/mol. The van der Waals surface area contributed by atoms with Crippen molar-refractivity contribution in [3.63, 3.8) is 0 Å². The molecule has 1 rings (SSSR count). The molecular weight excluding hydrogens is 306 g/mol. The van der Waals surface area contributed by atoms with E-state index in [1.807, 2.05) is 26.0 Å². The molecule has 0 saturated heterocycles. The highest BCUT2D eigenvalue weighted by atomic mass is 16.5. The van der Waals surface area contributed by atoms with E-state index in [-0.39, 0.29) is 5.54 Å². The maximum atomic E-state index is 5.62. The average Bonchev–Trinajstić information content (AvgIpc) is 2.52. The van der Waals surface area contributed by atoms with Crippen molar-refractivity contribution >= 4 is 5.96 Å². The summed E-state index contributed by atoms with van der Waals surface area (Å²) < 4.78 is 16.5. The van der Waals surface area contributed by atoms with E-state index in [0.29, 0.717) is 30.4 Å². The van der Waals surface area contributed by atoms with Crippen molar-refractivity contribution in [2.45, 2.75) is 46.7 Å². The van der Waals surface area contributed by atoms with Gasteiger partial charge in [0.15, 0.2) is 17.5 Å². The number of ether oxygens (including phenoxy) is 3. The minimum atomic E-state index is -0.0603. The number of benzene rings is 1. The molecular formula is C18H31N3O3. The molecule has 136 valence electrons. The van der Waals surface area contributed by atoms with Gasteiger partial charge in [0, 0.05) is 12.1 Å². The van der Waals surface area contributed by atoms with E-state index >= 15 is 0 Å². The van der Waals surface area contributed by atoms with Crippen LogP contribution in [0.25, 0.3) is 0 Å². The van der Waals surface area contributed by atoms with Gasteiger partial charge in [-0.1, -0.05) is 0 Å². The second-order valence-electron chi connectivity index (χ2n) is 6.33. The lowest BCUT2D eigenvalue weighted by Crippen LogP contribution is -2.47. The first kappa shape index (κ1) is 19.9. The highest BCUT2D eigenvalue weighted by molar-refractivity contribution is 5.80. The number of hydrogen-bond acceptors (Lipinski definition) is 4. The van der Waals surface area contributed by atoms with Crippen molar-refractivity contribution in [3.05, 3.63) is 17.7 Å². The summed E-state index contributed by atoms with van der Waals surface area (Å²) in [6.45, 7) is 12.1. The van der Waals surface area contributed by atoms with Crippen LogP contribution in [-0.4, -0.2) is 38.9 Å². The van der Waals surface area contributed by atoms with Gasteiger partial charge in [-0.2, -0.15) is 0 Å². The van der Waals surface area contributed by atoms with E-state index in [2.05, 4.69) is 36.4 Å². The topological polar surface area (TPSA) is 64.1 Å². The molecule has 0 spiro atoms. The number of nitrogens with zero attached hydrogens (tertiary/aromatic N) is 1. The molecule has 0 amide bonds. The van der Waals surface area contributed by atoms with Gasteiger partial charge >= 0.3 is 0 Å². The van der Waals surface area contributed by atoms with E-state index in [1.165, 1.54) is 0 Å². The van der Waals surface area contributed by atoms with Crippen molar-refractivity contribution in [2.75, 3.05) is 27.4 Å². The molecule has 0 aliphatic carbocycles. The third-order valence-electron chi connectivity index (χ3n) is 3.07. The molecule has 1 aromatic carbocycles. The Labute approximate surface area is 145 Å². The fourth-order valence-electron chi connectivity index (χ4n) is 2.14. The van der Waals surface area contributed by atoms with Crippen LogP contribution >= 0.6 is 0 Å². The first-order valence-corrected chi connectivity index (χ1v) is 8.28. The van der Waals surface area contributed by atoms with Gasteiger partial charge in [0.1, 0.15) is 0 Å². The van der Waals surface area contributed by atoms with Crippen molar-refractivity contribution in [1.82, 2.24) is 10.6 Å². The third kappa shape index (κ3) is 6.18. The molecule has 0 bridgehead atoms. The second-order valence-corrected chi connectivity index (χ2v) is 6.33. The molecule has 0 radical (unpaired) electrons. The quantitative estimate of drug-likeness (QED) is 0.591. The molecule has 6 heteroatoms. The molecule has 0 unspecified atom stereocenters. The van der Waals surface area contributed by atoms with Crippen molar-refractivity contribution in [3.8, 4) is 17.2 Å². The lowest BCUT2D eigenvalue weighted by atomic mass is 10.1. The highest BCUT2D eigenvalue weighted by Gasteiger charge is 2.15. The van der Waals surface area contributed by atoms with Crippen molar-refractivity contribution in [2.24, 2.45) is 4.99 Å². The Balaban J connectivity index is 3.06. The fraction of sp³-hybridized carbons (Fsp3) is 0.611. The van der Waals surface area contributed by atoms with Crippen LogP contribution in [0, 0.1) is 0 Å². The van der Waals surface area contributed by atoms with E-state index in [9.17, 15) is 0 Å². The lowest BCUT2D eigenvalue weighted by Gasteiger charge is -2.23. The molecule has 1 aromatic rings. The summed E-state index contributed by atoms with van der Waals surface area (Å²) in [5.74, 6) is 2.69. The molecule has 0 aromatic heterocycles. The maximum absolute atomic E-state index is 5.62. The van der Waals surface area contributed by atoms with E-state index in [1.54, 1.807) is 14.2 Å². The number of aliphatic imine (C=N–C) groups is 1. The zero-order valence-corrected chi connectivity index (χ0v) is 15.9. The second kappa shape index (κ2) is 9.25. The molecule has 6 nitrogen and oxygen atoms in total. The Kier molecular flexibility index (Phi) is 7.68. The van der Waals surface area contributed by atoms with Gasteiger partial charge in [-0.25, -0.2) is 4.99 Å². The third-order valence-corrected chi connectivity index (χ3v) is 3.07. The Bertz CT molecular complexity index is 526. The Hall–Kier alpha value is -2.11. The van der Waals surface area contributed by atoms with Gasteiger partial charge in [0.2, 0.25) is 5.75 Å². The molecule has 0 heterocycles. The fourth-order valence-corrected chi connectivity index (χ4v) is 2.14. The van der Waals surface area contributed by atoms with Crippen LogP contribution in [-0.2, 0) is 6.54 Å². The summed E-state index contributed by atoms with van der Waals surface area (Å²) in [4.78, 5) is 4.64. The number of guanidine groups is 1. The van der Waals surface area contributed by atoms with Crippen LogP contribution in [0.3, 0.4) is 0 Å². The predicted octanol–water partition coefficient (Wildman–Crippen LogP) is 2.96. The standard InChI is InChI=1S/C18H31N3O3/c1-8-19-17(21-18(3,4)5)20-12-13-10-14(22-6)16(24-9-2)15(11-13)23-7/h10-11H,8-9,12H2,1-7H3,(H2,19,20,21). The molecule has 24 heavy (non-hydrogen) atoms. The molecule has 0 aliphatic rings. The van der Waals surface area contributed by atoms with Gasteiger partial charge in [0.05, 0.1) is 27.4 Å². The van der Waals surface area contributed by atoms with Crippen LogP contribution in [0.2, 0.25) is 0 Å². The van der Waals surface area contributed by atoms with Gasteiger partial charge < -0.3 is 24.8 Å². The average molecular weight is 337 g/mol. The van der Waals surface area contributed by atoms with Crippen LogP contribution in [0.4, 0.5) is 0 Å². The molecule has 2 N–H and O–H groups in total. The van der Waals surface area contributed by atoms with Gasteiger partial charge in [-0.3, -0.25) is 0 Å². The van der Waals surface area contributed by atoms with Crippen LogP contribution in [0.1, 0.15) is 40.2 Å². The largest absolute Gasteiger partial charge is 0.493 e. The summed E-state index contributed by atoms with van der Waals surface area (Å²) in [5, 5.41) is 6.62. The smallest absolute Gasteiger partial charge is 0.203 e.